The highest BCUT2D eigenvalue weighted by molar-refractivity contribution is 6.31. The molecule has 2 aromatic rings. The van der Waals surface area contributed by atoms with Gasteiger partial charge in [-0.25, -0.2) is 0 Å². The van der Waals surface area contributed by atoms with Gasteiger partial charge in [0, 0.05) is 23.7 Å². The highest BCUT2D eigenvalue weighted by Crippen LogP contribution is 2.27. The van der Waals surface area contributed by atoms with Gasteiger partial charge in [-0.1, -0.05) is 23.7 Å². The van der Waals surface area contributed by atoms with Crippen molar-refractivity contribution in [2.75, 3.05) is 32.6 Å². The lowest BCUT2D eigenvalue weighted by molar-refractivity contribution is -0.116. The smallest absolute Gasteiger partial charge is 0.225 e. The maximum Gasteiger partial charge on any atom is 0.225 e. The molecule has 1 amide bonds. The molecule has 0 saturated heterocycles. The summed E-state index contributed by atoms with van der Waals surface area (Å²) in [5, 5.41) is 6.83. The molecule has 0 bridgehead atoms. The van der Waals surface area contributed by atoms with E-state index in [4.69, 9.17) is 21.1 Å². The van der Waals surface area contributed by atoms with Crippen molar-refractivity contribution in [1.82, 2.24) is 5.32 Å². The lowest BCUT2D eigenvalue weighted by Gasteiger charge is -2.11. The Morgan fingerprint density at radius 2 is 1.85 bits per heavy atom. The standard InChI is InChI=1S/C20H25ClN2O3/c1-14-16(21)5-4-6-17(14)23-20(24)10-12-22-11-9-15-7-8-18(25-2)19(13-15)26-3/h4-8,13,22H,9-12H2,1-3H3,(H,23,24). The Morgan fingerprint density at radius 3 is 2.58 bits per heavy atom. The number of benzene rings is 2. The van der Waals surface area contributed by atoms with Crippen LogP contribution in [0.5, 0.6) is 11.5 Å². The van der Waals surface area contributed by atoms with Crippen molar-refractivity contribution in [3.05, 3.63) is 52.5 Å². The molecule has 0 aliphatic rings. The van der Waals surface area contributed by atoms with Gasteiger partial charge in [-0.05, 0) is 55.3 Å². The number of amides is 1. The summed E-state index contributed by atoms with van der Waals surface area (Å²) in [5.74, 6) is 1.41. The quantitative estimate of drug-likeness (QED) is 0.653. The van der Waals surface area contributed by atoms with Crippen molar-refractivity contribution in [2.24, 2.45) is 0 Å². The lowest BCUT2D eigenvalue weighted by Crippen LogP contribution is -2.23. The van der Waals surface area contributed by atoms with E-state index in [0.717, 1.165) is 41.3 Å². The molecule has 26 heavy (non-hydrogen) atoms. The zero-order valence-corrected chi connectivity index (χ0v) is 16.2. The number of halogens is 1. The molecule has 0 heterocycles. The highest BCUT2D eigenvalue weighted by Gasteiger charge is 2.07. The lowest BCUT2D eigenvalue weighted by atomic mass is 10.1. The minimum atomic E-state index is -0.0333. The summed E-state index contributed by atoms with van der Waals surface area (Å²) in [6.07, 6.45) is 1.24. The van der Waals surface area contributed by atoms with Gasteiger partial charge in [-0.2, -0.15) is 0 Å². The van der Waals surface area contributed by atoms with E-state index in [-0.39, 0.29) is 5.91 Å². The molecule has 2 aromatic carbocycles. The Labute approximate surface area is 159 Å². The number of carbonyl (C=O) groups is 1. The van der Waals surface area contributed by atoms with Crippen LogP contribution >= 0.6 is 11.6 Å². The zero-order valence-electron chi connectivity index (χ0n) is 15.4. The second-order valence-electron chi connectivity index (χ2n) is 5.90. The molecule has 6 heteroatoms. The zero-order chi connectivity index (χ0) is 18.9. The summed E-state index contributed by atoms with van der Waals surface area (Å²) in [7, 11) is 3.25. The van der Waals surface area contributed by atoms with E-state index >= 15 is 0 Å². The summed E-state index contributed by atoms with van der Waals surface area (Å²) < 4.78 is 10.5. The molecule has 2 N–H and O–H groups in total. The van der Waals surface area contributed by atoms with E-state index in [0.29, 0.717) is 18.0 Å². The van der Waals surface area contributed by atoms with E-state index in [2.05, 4.69) is 10.6 Å². The minimum absolute atomic E-state index is 0.0333. The molecule has 0 aliphatic carbocycles. The van der Waals surface area contributed by atoms with Gasteiger partial charge >= 0.3 is 0 Å². The van der Waals surface area contributed by atoms with Gasteiger partial charge in [-0.15, -0.1) is 0 Å². The number of methoxy groups -OCH3 is 2. The summed E-state index contributed by atoms with van der Waals surface area (Å²) >= 11 is 6.06. The van der Waals surface area contributed by atoms with Gasteiger partial charge in [0.25, 0.3) is 0 Å². The van der Waals surface area contributed by atoms with Crippen molar-refractivity contribution in [3.63, 3.8) is 0 Å². The monoisotopic (exact) mass is 376 g/mol. The first-order valence-corrected chi connectivity index (χ1v) is 8.89. The second kappa shape index (κ2) is 10.0. The Kier molecular flexibility index (Phi) is 7.75. The van der Waals surface area contributed by atoms with E-state index < -0.39 is 0 Å². The van der Waals surface area contributed by atoms with Crippen LogP contribution in [0.3, 0.4) is 0 Å². The SMILES string of the molecule is COc1ccc(CCNCCC(=O)Nc2cccc(Cl)c2C)cc1OC. The van der Waals surface area contributed by atoms with Crippen LogP contribution in [-0.2, 0) is 11.2 Å². The predicted octanol–water partition coefficient (Wildman–Crippen LogP) is 3.83. The fourth-order valence-electron chi connectivity index (χ4n) is 2.55. The summed E-state index contributed by atoms with van der Waals surface area (Å²) in [4.78, 5) is 12.0. The van der Waals surface area contributed by atoms with Gasteiger partial charge < -0.3 is 20.1 Å². The molecule has 0 saturated carbocycles. The fraction of sp³-hybridized carbons (Fsp3) is 0.350. The third-order valence-corrected chi connectivity index (χ3v) is 4.52. The maximum atomic E-state index is 12.0. The van der Waals surface area contributed by atoms with Crippen molar-refractivity contribution >= 4 is 23.2 Å². The third-order valence-electron chi connectivity index (χ3n) is 4.11. The van der Waals surface area contributed by atoms with Gasteiger partial charge in [0.1, 0.15) is 0 Å². The number of anilines is 1. The molecule has 5 nitrogen and oxygen atoms in total. The normalized spacial score (nSPS) is 10.5. The fourth-order valence-corrected chi connectivity index (χ4v) is 2.73. The molecule has 0 unspecified atom stereocenters. The van der Waals surface area contributed by atoms with Crippen LogP contribution < -0.4 is 20.1 Å². The number of nitrogens with one attached hydrogen (secondary N) is 2. The molecule has 0 radical (unpaired) electrons. The molecule has 0 aromatic heterocycles. The van der Waals surface area contributed by atoms with E-state index in [1.807, 2.05) is 43.3 Å². The average molecular weight is 377 g/mol. The Morgan fingerprint density at radius 1 is 1.08 bits per heavy atom. The third kappa shape index (κ3) is 5.64. The van der Waals surface area contributed by atoms with E-state index in [9.17, 15) is 4.79 Å². The summed E-state index contributed by atoms with van der Waals surface area (Å²) in [6, 6.07) is 11.4. The van der Waals surface area contributed by atoms with Crippen LogP contribution in [0.4, 0.5) is 5.69 Å². The first-order chi connectivity index (χ1) is 12.5. The van der Waals surface area contributed by atoms with Crippen LogP contribution in [0, 0.1) is 6.92 Å². The van der Waals surface area contributed by atoms with E-state index in [1.165, 1.54) is 0 Å². The molecular formula is C20H25ClN2O3. The highest BCUT2D eigenvalue weighted by atomic mass is 35.5. The first kappa shape index (κ1) is 20.1. The van der Waals surface area contributed by atoms with Gasteiger partial charge in [0.15, 0.2) is 11.5 Å². The van der Waals surface area contributed by atoms with E-state index in [1.54, 1.807) is 14.2 Å². The van der Waals surface area contributed by atoms with Gasteiger partial charge in [0.05, 0.1) is 14.2 Å². The Bertz CT molecular complexity index is 750. The average Bonchev–Trinajstić information content (AvgIpc) is 2.65. The Hall–Kier alpha value is -2.24. The van der Waals surface area contributed by atoms with Crippen LogP contribution in [-0.4, -0.2) is 33.2 Å². The van der Waals surface area contributed by atoms with Gasteiger partial charge in [-0.3, -0.25) is 4.79 Å². The summed E-state index contributed by atoms with van der Waals surface area (Å²) in [6.45, 7) is 3.27. The summed E-state index contributed by atoms with van der Waals surface area (Å²) in [5.41, 5.74) is 2.78. The second-order valence-corrected chi connectivity index (χ2v) is 6.31. The van der Waals surface area contributed by atoms with Crippen LogP contribution in [0.15, 0.2) is 36.4 Å². The van der Waals surface area contributed by atoms with Crippen LogP contribution in [0.2, 0.25) is 5.02 Å². The van der Waals surface area contributed by atoms with Crippen molar-refractivity contribution < 1.29 is 14.3 Å². The van der Waals surface area contributed by atoms with Crippen LogP contribution in [0.1, 0.15) is 17.5 Å². The molecule has 0 spiro atoms. The molecule has 0 aliphatic heterocycles. The number of rotatable bonds is 9. The minimum Gasteiger partial charge on any atom is -0.493 e. The number of hydrogen-bond donors (Lipinski definition) is 2. The molecule has 0 fully saturated rings. The molecule has 0 atom stereocenters. The van der Waals surface area contributed by atoms with Crippen molar-refractivity contribution in [3.8, 4) is 11.5 Å². The molecule has 2 rings (SSSR count). The molecule has 140 valence electrons. The predicted molar refractivity (Wildman–Crippen MR) is 106 cm³/mol. The largest absolute Gasteiger partial charge is 0.493 e. The number of hydrogen-bond acceptors (Lipinski definition) is 4. The topological polar surface area (TPSA) is 59.6 Å². The van der Waals surface area contributed by atoms with Gasteiger partial charge in [0.2, 0.25) is 5.91 Å². The first-order valence-electron chi connectivity index (χ1n) is 8.51. The molecular weight excluding hydrogens is 352 g/mol. The Balaban J connectivity index is 1.72. The van der Waals surface area contributed by atoms with Crippen molar-refractivity contribution in [2.45, 2.75) is 19.8 Å². The van der Waals surface area contributed by atoms with Crippen molar-refractivity contribution in [1.29, 1.82) is 0 Å². The number of carbonyl (C=O) groups excluding carboxylic acids is 1. The maximum absolute atomic E-state index is 12.0. The number of ether oxygens (including phenoxy) is 2. The van der Waals surface area contributed by atoms with Crippen LogP contribution in [0.25, 0.3) is 0 Å².